The van der Waals surface area contributed by atoms with Crippen molar-refractivity contribution in [3.63, 3.8) is 0 Å². The molecule has 0 saturated heterocycles. The van der Waals surface area contributed by atoms with E-state index in [1.807, 2.05) is 6.07 Å². The minimum atomic E-state index is -0.541. The Labute approximate surface area is 118 Å². The second-order valence-corrected chi connectivity index (χ2v) is 5.78. The summed E-state index contributed by atoms with van der Waals surface area (Å²) < 4.78 is 5.58. The average molecular weight is 289 g/mol. The maximum Gasteiger partial charge on any atom is 0.0939 e. The number of aliphatic hydroxyl groups is 1. The Balaban J connectivity index is 2.15. The molecule has 2 nitrogen and oxygen atoms in total. The van der Waals surface area contributed by atoms with Crippen LogP contribution in [0.2, 0.25) is 10.0 Å². The van der Waals surface area contributed by atoms with Crippen molar-refractivity contribution >= 4 is 23.2 Å². The normalized spacial score (nSPS) is 20.0. The molecule has 1 unspecified atom stereocenters. The zero-order valence-electron chi connectivity index (χ0n) is 10.5. The van der Waals surface area contributed by atoms with Crippen molar-refractivity contribution in [2.75, 3.05) is 7.11 Å². The quantitative estimate of drug-likeness (QED) is 0.912. The van der Waals surface area contributed by atoms with Crippen LogP contribution < -0.4 is 0 Å². The van der Waals surface area contributed by atoms with Crippen LogP contribution >= 0.6 is 23.2 Å². The van der Waals surface area contributed by atoms with E-state index in [1.165, 1.54) is 0 Å². The van der Waals surface area contributed by atoms with Gasteiger partial charge >= 0.3 is 0 Å². The molecule has 0 aliphatic heterocycles. The van der Waals surface area contributed by atoms with Crippen molar-refractivity contribution in [3.8, 4) is 0 Å². The lowest BCUT2D eigenvalue weighted by Gasteiger charge is -2.33. The van der Waals surface area contributed by atoms with Crippen molar-refractivity contribution in [2.24, 2.45) is 0 Å². The standard InChI is InChI=1S/C14H18Cl2O2/c1-18-14(6-2-3-7-14)13(17)9-10-8-11(15)4-5-12(10)16/h4-5,8,13,17H,2-3,6-7,9H2,1H3. The summed E-state index contributed by atoms with van der Waals surface area (Å²) in [5.74, 6) is 0. The predicted octanol–water partition coefficient (Wildman–Crippen LogP) is 3.86. The Hall–Kier alpha value is -0.280. The van der Waals surface area contributed by atoms with Gasteiger partial charge in [0.1, 0.15) is 0 Å². The predicted molar refractivity (Wildman–Crippen MR) is 74.4 cm³/mol. The van der Waals surface area contributed by atoms with Gasteiger partial charge < -0.3 is 9.84 Å². The molecule has 1 aliphatic carbocycles. The molecule has 0 heterocycles. The molecule has 1 aliphatic rings. The smallest absolute Gasteiger partial charge is 0.0939 e. The Morgan fingerprint density at radius 1 is 1.33 bits per heavy atom. The molecular formula is C14H18Cl2O2. The third-order valence-corrected chi connectivity index (χ3v) is 4.49. The van der Waals surface area contributed by atoms with Crippen molar-refractivity contribution in [3.05, 3.63) is 33.8 Å². The van der Waals surface area contributed by atoms with Gasteiger partial charge in [0.2, 0.25) is 0 Å². The largest absolute Gasteiger partial charge is 0.390 e. The van der Waals surface area contributed by atoms with E-state index >= 15 is 0 Å². The molecule has 18 heavy (non-hydrogen) atoms. The highest BCUT2D eigenvalue weighted by Gasteiger charge is 2.40. The average Bonchev–Trinajstić information content (AvgIpc) is 2.84. The highest BCUT2D eigenvalue weighted by Crippen LogP contribution is 2.37. The van der Waals surface area contributed by atoms with Crippen LogP contribution in [0.5, 0.6) is 0 Å². The van der Waals surface area contributed by atoms with E-state index in [0.29, 0.717) is 16.5 Å². The van der Waals surface area contributed by atoms with Crippen molar-refractivity contribution in [1.82, 2.24) is 0 Å². The molecule has 1 fully saturated rings. The monoisotopic (exact) mass is 288 g/mol. The molecule has 100 valence electrons. The summed E-state index contributed by atoms with van der Waals surface area (Å²) in [4.78, 5) is 0. The number of benzene rings is 1. The minimum Gasteiger partial charge on any atom is -0.390 e. The molecule has 2 rings (SSSR count). The fraction of sp³-hybridized carbons (Fsp3) is 0.571. The number of hydrogen-bond acceptors (Lipinski definition) is 2. The van der Waals surface area contributed by atoms with Crippen LogP contribution in [-0.4, -0.2) is 23.9 Å². The van der Waals surface area contributed by atoms with E-state index in [4.69, 9.17) is 27.9 Å². The number of rotatable bonds is 4. The Bertz CT molecular complexity index is 414. The summed E-state index contributed by atoms with van der Waals surface area (Å²) in [6.07, 6.45) is 3.96. The van der Waals surface area contributed by atoms with E-state index in [9.17, 15) is 5.11 Å². The first kappa shape index (κ1) is 14.1. The fourth-order valence-corrected chi connectivity index (χ4v) is 3.13. The maximum absolute atomic E-state index is 10.4. The van der Waals surface area contributed by atoms with Crippen LogP contribution in [-0.2, 0) is 11.2 Å². The second kappa shape index (κ2) is 5.79. The van der Waals surface area contributed by atoms with Gasteiger partial charge in [-0.2, -0.15) is 0 Å². The van der Waals surface area contributed by atoms with Gasteiger partial charge in [-0.25, -0.2) is 0 Å². The van der Waals surface area contributed by atoms with Gasteiger partial charge in [-0.05, 0) is 36.6 Å². The minimum absolute atomic E-state index is 0.411. The van der Waals surface area contributed by atoms with Crippen LogP contribution in [0, 0.1) is 0 Å². The summed E-state index contributed by atoms with van der Waals surface area (Å²) in [7, 11) is 1.67. The Morgan fingerprint density at radius 3 is 2.61 bits per heavy atom. The van der Waals surface area contributed by atoms with Crippen LogP contribution in [0.3, 0.4) is 0 Å². The van der Waals surface area contributed by atoms with Crippen molar-refractivity contribution < 1.29 is 9.84 Å². The van der Waals surface area contributed by atoms with E-state index in [-0.39, 0.29) is 0 Å². The number of hydrogen-bond donors (Lipinski definition) is 1. The SMILES string of the molecule is COC1(C(O)Cc2cc(Cl)ccc2Cl)CCCC1. The summed E-state index contributed by atoms with van der Waals surface area (Å²) in [6, 6.07) is 5.33. The molecule has 0 radical (unpaired) electrons. The molecule has 1 aromatic carbocycles. The molecule has 0 spiro atoms. The van der Waals surface area contributed by atoms with Crippen LogP contribution in [0.15, 0.2) is 18.2 Å². The van der Waals surface area contributed by atoms with Gasteiger partial charge in [0, 0.05) is 23.6 Å². The van der Waals surface area contributed by atoms with Gasteiger partial charge in [0.15, 0.2) is 0 Å². The molecule has 1 saturated carbocycles. The highest BCUT2D eigenvalue weighted by molar-refractivity contribution is 6.33. The summed E-state index contributed by atoms with van der Waals surface area (Å²) in [6.45, 7) is 0. The van der Waals surface area contributed by atoms with E-state index < -0.39 is 11.7 Å². The van der Waals surface area contributed by atoms with E-state index in [2.05, 4.69) is 0 Å². The zero-order chi connectivity index (χ0) is 13.2. The lowest BCUT2D eigenvalue weighted by Crippen LogP contribution is -2.42. The van der Waals surface area contributed by atoms with E-state index in [1.54, 1.807) is 19.2 Å². The lowest BCUT2D eigenvalue weighted by molar-refractivity contribution is -0.0971. The molecule has 1 atom stereocenters. The molecular weight excluding hydrogens is 271 g/mol. The van der Waals surface area contributed by atoms with Crippen molar-refractivity contribution in [2.45, 2.75) is 43.8 Å². The number of methoxy groups -OCH3 is 1. The topological polar surface area (TPSA) is 29.5 Å². The Morgan fingerprint density at radius 2 is 2.00 bits per heavy atom. The number of ether oxygens (including phenoxy) is 1. The first-order valence-electron chi connectivity index (χ1n) is 6.24. The molecule has 0 bridgehead atoms. The van der Waals surface area contributed by atoms with Crippen LogP contribution in [0.1, 0.15) is 31.2 Å². The number of aliphatic hydroxyl groups excluding tert-OH is 1. The third-order valence-electron chi connectivity index (χ3n) is 3.88. The molecule has 0 aromatic heterocycles. The van der Waals surface area contributed by atoms with Crippen molar-refractivity contribution in [1.29, 1.82) is 0 Å². The van der Waals surface area contributed by atoms with Crippen LogP contribution in [0.25, 0.3) is 0 Å². The molecule has 1 aromatic rings. The highest BCUT2D eigenvalue weighted by atomic mass is 35.5. The first-order valence-corrected chi connectivity index (χ1v) is 7.00. The summed E-state index contributed by atoms with van der Waals surface area (Å²) in [5.41, 5.74) is 0.464. The van der Waals surface area contributed by atoms with Gasteiger partial charge in [0.25, 0.3) is 0 Å². The zero-order valence-corrected chi connectivity index (χ0v) is 12.0. The second-order valence-electron chi connectivity index (χ2n) is 4.93. The molecule has 4 heteroatoms. The summed E-state index contributed by atoms with van der Waals surface area (Å²) in [5, 5.41) is 11.7. The first-order chi connectivity index (χ1) is 8.57. The van der Waals surface area contributed by atoms with Gasteiger partial charge in [0.05, 0.1) is 11.7 Å². The van der Waals surface area contributed by atoms with Gasteiger partial charge in [-0.3, -0.25) is 0 Å². The lowest BCUT2D eigenvalue weighted by atomic mass is 9.90. The van der Waals surface area contributed by atoms with E-state index in [0.717, 1.165) is 31.2 Å². The third kappa shape index (κ3) is 2.83. The summed E-state index contributed by atoms with van der Waals surface area (Å²) >= 11 is 12.1. The fourth-order valence-electron chi connectivity index (χ4n) is 2.74. The Kier molecular flexibility index (Phi) is 4.54. The van der Waals surface area contributed by atoms with Gasteiger partial charge in [-0.15, -0.1) is 0 Å². The maximum atomic E-state index is 10.4. The molecule has 0 amide bonds. The van der Waals surface area contributed by atoms with Gasteiger partial charge in [-0.1, -0.05) is 36.0 Å². The molecule has 1 N–H and O–H groups in total. The number of halogens is 2. The van der Waals surface area contributed by atoms with Crippen LogP contribution in [0.4, 0.5) is 0 Å².